The van der Waals surface area contributed by atoms with Crippen LogP contribution in [0.3, 0.4) is 0 Å². The van der Waals surface area contributed by atoms with Gasteiger partial charge in [0, 0.05) is 14.6 Å². The summed E-state index contributed by atoms with van der Waals surface area (Å²) in [6.07, 6.45) is 6.82. The minimum atomic E-state index is 0.458. The molecule has 1 aromatic rings. The Hall–Kier alpha value is 0.200. The summed E-state index contributed by atoms with van der Waals surface area (Å²) in [4.78, 5) is 0. The van der Waals surface area contributed by atoms with E-state index in [0.717, 1.165) is 23.4 Å². The van der Waals surface area contributed by atoms with E-state index in [2.05, 4.69) is 53.9 Å². The molecule has 0 saturated heterocycles. The van der Waals surface area contributed by atoms with E-state index in [-0.39, 0.29) is 0 Å². The van der Waals surface area contributed by atoms with Gasteiger partial charge in [0.05, 0.1) is 0 Å². The first-order valence-corrected chi connectivity index (χ1v) is 9.29. The van der Waals surface area contributed by atoms with E-state index in [1.54, 1.807) is 0 Å². The molecule has 3 heteroatoms. The zero-order chi connectivity index (χ0) is 14.5. The molecule has 0 heterocycles. The van der Waals surface area contributed by atoms with Crippen LogP contribution in [0, 0.1) is 15.4 Å². The van der Waals surface area contributed by atoms with Gasteiger partial charge in [-0.05, 0) is 77.6 Å². The third-order valence-electron chi connectivity index (χ3n) is 4.59. The van der Waals surface area contributed by atoms with Crippen LogP contribution in [0.25, 0.3) is 0 Å². The summed E-state index contributed by atoms with van der Waals surface area (Å²) in [5.74, 6) is 1.66. The first-order valence-electron chi connectivity index (χ1n) is 7.84. The molecule has 0 aliphatic heterocycles. The fourth-order valence-electron chi connectivity index (χ4n) is 3.51. The predicted octanol–water partition coefficient (Wildman–Crippen LogP) is 5.81. The zero-order valence-corrected chi connectivity index (χ0v) is 15.4. The van der Waals surface area contributed by atoms with Crippen molar-refractivity contribution >= 4 is 34.2 Å². The first-order chi connectivity index (χ1) is 9.65. The topological polar surface area (TPSA) is 12.0 Å². The lowest BCUT2D eigenvalue weighted by molar-refractivity contribution is 0.210. The van der Waals surface area contributed by atoms with Crippen LogP contribution in [-0.4, -0.2) is 6.54 Å². The summed E-state index contributed by atoms with van der Waals surface area (Å²) >= 11 is 8.67. The maximum absolute atomic E-state index is 6.22. The second kappa shape index (κ2) is 8.00. The largest absolute Gasteiger partial charge is 0.310 e. The lowest BCUT2D eigenvalue weighted by Gasteiger charge is -2.35. The molecule has 1 fully saturated rings. The van der Waals surface area contributed by atoms with Crippen molar-refractivity contribution in [1.29, 1.82) is 0 Å². The Balaban J connectivity index is 2.23. The number of rotatable bonds is 5. The van der Waals surface area contributed by atoms with Crippen molar-refractivity contribution in [2.24, 2.45) is 11.8 Å². The second-order valence-electron chi connectivity index (χ2n) is 5.90. The van der Waals surface area contributed by atoms with Crippen molar-refractivity contribution in [1.82, 2.24) is 5.32 Å². The van der Waals surface area contributed by atoms with Gasteiger partial charge in [-0.1, -0.05) is 44.7 Å². The standard InChI is InChI=1S/C17H25ClIN/c1-3-12-6-5-7-13(10-12)17(20-4-2)15-11-14(18)8-9-16(15)19/h8-9,11-13,17,20H,3-7,10H2,1-2H3. The Kier molecular flexibility index (Phi) is 6.63. The van der Waals surface area contributed by atoms with Gasteiger partial charge in [0.2, 0.25) is 0 Å². The van der Waals surface area contributed by atoms with Crippen molar-refractivity contribution in [2.45, 2.75) is 52.0 Å². The minimum Gasteiger partial charge on any atom is -0.310 e. The lowest BCUT2D eigenvalue weighted by atomic mass is 9.75. The fourth-order valence-corrected chi connectivity index (χ4v) is 4.36. The van der Waals surface area contributed by atoms with E-state index >= 15 is 0 Å². The number of halogens is 2. The van der Waals surface area contributed by atoms with Crippen molar-refractivity contribution in [3.05, 3.63) is 32.4 Å². The average Bonchev–Trinajstić information content (AvgIpc) is 2.47. The highest BCUT2D eigenvalue weighted by molar-refractivity contribution is 14.1. The highest BCUT2D eigenvalue weighted by Gasteiger charge is 2.29. The molecule has 0 aromatic heterocycles. The van der Waals surface area contributed by atoms with Gasteiger partial charge in [-0.25, -0.2) is 0 Å². The number of hydrogen-bond acceptors (Lipinski definition) is 1. The molecule has 1 N–H and O–H groups in total. The Morgan fingerprint density at radius 3 is 2.85 bits per heavy atom. The molecule has 20 heavy (non-hydrogen) atoms. The van der Waals surface area contributed by atoms with Crippen molar-refractivity contribution in [2.75, 3.05) is 6.54 Å². The van der Waals surface area contributed by atoms with Gasteiger partial charge in [0.15, 0.2) is 0 Å². The molecule has 1 aliphatic rings. The van der Waals surface area contributed by atoms with E-state index in [4.69, 9.17) is 11.6 Å². The third-order valence-corrected chi connectivity index (χ3v) is 5.81. The molecular formula is C17H25ClIN. The highest BCUT2D eigenvalue weighted by Crippen LogP contribution is 2.40. The molecule has 1 aliphatic carbocycles. The molecule has 2 rings (SSSR count). The molecule has 0 amide bonds. The normalized spacial score (nSPS) is 24.6. The molecule has 0 bridgehead atoms. The molecule has 3 unspecified atom stereocenters. The van der Waals surface area contributed by atoms with Gasteiger partial charge in [0.25, 0.3) is 0 Å². The van der Waals surface area contributed by atoms with Gasteiger partial charge in [0.1, 0.15) is 0 Å². The highest BCUT2D eigenvalue weighted by atomic mass is 127. The Bertz CT molecular complexity index is 435. The van der Waals surface area contributed by atoms with Crippen LogP contribution in [0.2, 0.25) is 5.02 Å². The first kappa shape index (κ1) is 16.6. The van der Waals surface area contributed by atoms with Crippen LogP contribution >= 0.6 is 34.2 Å². The van der Waals surface area contributed by atoms with Crippen LogP contribution in [-0.2, 0) is 0 Å². The molecule has 1 aromatic carbocycles. The zero-order valence-electron chi connectivity index (χ0n) is 12.5. The van der Waals surface area contributed by atoms with E-state index in [1.165, 1.54) is 41.2 Å². The van der Waals surface area contributed by atoms with Crippen LogP contribution in [0.5, 0.6) is 0 Å². The molecule has 112 valence electrons. The second-order valence-corrected chi connectivity index (χ2v) is 7.50. The van der Waals surface area contributed by atoms with Crippen LogP contribution < -0.4 is 5.32 Å². The van der Waals surface area contributed by atoms with Crippen molar-refractivity contribution < 1.29 is 0 Å². The number of hydrogen-bond donors (Lipinski definition) is 1. The maximum Gasteiger partial charge on any atom is 0.0410 e. The van der Waals surface area contributed by atoms with Crippen LogP contribution in [0.1, 0.15) is 57.6 Å². The molecule has 1 saturated carbocycles. The van der Waals surface area contributed by atoms with Gasteiger partial charge in [-0.3, -0.25) is 0 Å². The average molecular weight is 406 g/mol. The number of nitrogens with one attached hydrogen (secondary N) is 1. The SMILES string of the molecule is CCNC(c1cc(Cl)ccc1I)C1CCCC(CC)C1. The summed E-state index contributed by atoms with van der Waals surface area (Å²) in [5.41, 5.74) is 1.39. The molecule has 3 atom stereocenters. The summed E-state index contributed by atoms with van der Waals surface area (Å²) in [7, 11) is 0. The molecule has 0 radical (unpaired) electrons. The maximum atomic E-state index is 6.22. The van der Waals surface area contributed by atoms with E-state index < -0.39 is 0 Å². The Morgan fingerprint density at radius 2 is 2.15 bits per heavy atom. The van der Waals surface area contributed by atoms with Gasteiger partial charge in [-0.15, -0.1) is 0 Å². The smallest absolute Gasteiger partial charge is 0.0410 e. The monoisotopic (exact) mass is 405 g/mol. The Morgan fingerprint density at radius 1 is 1.35 bits per heavy atom. The van der Waals surface area contributed by atoms with Gasteiger partial charge >= 0.3 is 0 Å². The van der Waals surface area contributed by atoms with Crippen molar-refractivity contribution in [3.8, 4) is 0 Å². The summed E-state index contributed by atoms with van der Waals surface area (Å²) in [6, 6.07) is 6.75. The molecular weight excluding hydrogens is 381 g/mol. The fraction of sp³-hybridized carbons (Fsp3) is 0.647. The van der Waals surface area contributed by atoms with Gasteiger partial charge in [-0.2, -0.15) is 0 Å². The summed E-state index contributed by atoms with van der Waals surface area (Å²) in [5, 5.41) is 4.57. The van der Waals surface area contributed by atoms with E-state index in [0.29, 0.717) is 6.04 Å². The van der Waals surface area contributed by atoms with Gasteiger partial charge < -0.3 is 5.32 Å². The minimum absolute atomic E-state index is 0.458. The van der Waals surface area contributed by atoms with Crippen LogP contribution in [0.4, 0.5) is 0 Å². The third kappa shape index (κ3) is 4.11. The molecule has 1 nitrogen and oxygen atoms in total. The summed E-state index contributed by atoms with van der Waals surface area (Å²) < 4.78 is 1.33. The molecule has 0 spiro atoms. The Labute approximate surface area is 142 Å². The number of benzene rings is 1. The van der Waals surface area contributed by atoms with Crippen molar-refractivity contribution in [3.63, 3.8) is 0 Å². The summed E-state index contributed by atoms with van der Waals surface area (Å²) in [6.45, 7) is 5.55. The quantitative estimate of drug-likeness (QED) is 0.609. The van der Waals surface area contributed by atoms with E-state index in [1.807, 2.05) is 6.07 Å². The van der Waals surface area contributed by atoms with E-state index in [9.17, 15) is 0 Å². The lowest BCUT2D eigenvalue weighted by Crippen LogP contribution is -2.32. The van der Waals surface area contributed by atoms with Crippen LogP contribution in [0.15, 0.2) is 18.2 Å². The predicted molar refractivity (Wildman–Crippen MR) is 96.3 cm³/mol.